The van der Waals surface area contributed by atoms with E-state index in [0.29, 0.717) is 18.5 Å². The molecule has 0 radical (unpaired) electrons. The van der Waals surface area contributed by atoms with Crippen LogP contribution in [0.5, 0.6) is 0 Å². The maximum absolute atomic E-state index is 12.8. The van der Waals surface area contributed by atoms with Gasteiger partial charge in [0.1, 0.15) is 0 Å². The second kappa shape index (κ2) is 8.08. The lowest BCUT2D eigenvalue weighted by Crippen LogP contribution is -2.37. The highest BCUT2D eigenvalue weighted by atomic mass is 19.4. The number of alkyl halides is 3. The predicted molar refractivity (Wildman–Crippen MR) is 94.4 cm³/mol. The summed E-state index contributed by atoms with van der Waals surface area (Å²) in [5.41, 5.74) is 6.25. The molecule has 140 valence electrons. The first-order chi connectivity index (χ1) is 11.8. The summed E-state index contributed by atoms with van der Waals surface area (Å²) in [4.78, 5) is 8.66. The van der Waals surface area contributed by atoms with Crippen molar-refractivity contribution in [3.63, 3.8) is 0 Å². The zero-order valence-electron chi connectivity index (χ0n) is 15.1. The van der Waals surface area contributed by atoms with Crippen molar-refractivity contribution in [3.8, 4) is 0 Å². The van der Waals surface area contributed by atoms with Crippen molar-refractivity contribution in [1.29, 1.82) is 0 Å². The topological polar surface area (TPSA) is 44.9 Å². The summed E-state index contributed by atoms with van der Waals surface area (Å²) >= 11 is 0. The predicted octanol–water partition coefficient (Wildman–Crippen LogP) is 3.50. The largest absolute Gasteiger partial charge is 0.416 e. The highest BCUT2D eigenvalue weighted by Gasteiger charge is 2.31. The Labute approximate surface area is 147 Å². The van der Waals surface area contributed by atoms with Crippen LogP contribution < -0.4 is 5.73 Å². The van der Waals surface area contributed by atoms with E-state index in [1.165, 1.54) is 0 Å². The van der Waals surface area contributed by atoms with Gasteiger partial charge in [-0.2, -0.15) is 13.2 Å². The van der Waals surface area contributed by atoms with Crippen LogP contribution in [-0.4, -0.2) is 48.5 Å². The molecule has 1 aliphatic carbocycles. The molecule has 25 heavy (non-hydrogen) atoms. The monoisotopic (exact) mass is 356 g/mol. The van der Waals surface area contributed by atoms with Crippen LogP contribution in [0.1, 0.15) is 43.9 Å². The van der Waals surface area contributed by atoms with Gasteiger partial charge in [0, 0.05) is 13.1 Å². The van der Waals surface area contributed by atoms with Crippen molar-refractivity contribution in [3.05, 3.63) is 35.4 Å². The SMILES string of the molecule is CCN(CC)C(CN=C(N)N(C)C1CC1)c1ccc(C(F)(F)F)cc1. The molecule has 0 bridgehead atoms. The molecule has 7 heteroatoms. The van der Waals surface area contributed by atoms with Gasteiger partial charge in [0.05, 0.1) is 18.2 Å². The second-order valence-corrected chi connectivity index (χ2v) is 6.40. The number of likely N-dealkylation sites (N-methyl/N-ethyl adjacent to an activating group) is 1. The van der Waals surface area contributed by atoms with Gasteiger partial charge in [0.2, 0.25) is 0 Å². The van der Waals surface area contributed by atoms with Gasteiger partial charge in [-0.1, -0.05) is 26.0 Å². The van der Waals surface area contributed by atoms with E-state index in [-0.39, 0.29) is 6.04 Å². The van der Waals surface area contributed by atoms with Crippen LogP contribution in [0, 0.1) is 0 Å². The van der Waals surface area contributed by atoms with Crippen LogP contribution in [0.4, 0.5) is 13.2 Å². The van der Waals surface area contributed by atoms with E-state index in [0.717, 1.165) is 43.6 Å². The van der Waals surface area contributed by atoms with E-state index >= 15 is 0 Å². The van der Waals surface area contributed by atoms with Gasteiger partial charge < -0.3 is 10.6 Å². The summed E-state index contributed by atoms with van der Waals surface area (Å²) in [6.07, 6.45) is -2.06. The number of hydrogen-bond acceptors (Lipinski definition) is 2. The normalized spacial score (nSPS) is 17.0. The molecule has 1 aromatic carbocycles. The average molecular weight is 356 g/mol. The average Bonchev–Trinajstić information content (AvgIpc) is 3.42. The molecule has 0 saturated heterocycles. The van der Waals surface area contributed by atoms with Crippen LogP contribution in [0.25, 0.3) is 0 Å². The fraction of sp³-hybridized carbons (Fsp3) is 0.611. The lowest BCUT2D eigenvalue weighted by molar-refractivity contribution is -0.137. The summed E-state index contributed by atoms with van der Waals surface area (Å²) in [6, 6.07) is 5.74. The lowest BCUT2D eigenvalue weighted by atomic mass is 10.0. The van der Waals surface area contributed by atoms with E-state index in [1.54, 1.807) is 12.1 Å². The fourth-order valence-electron chi connectivity index (χ4n) is 2.93. The standard InChI is InChI=1S/C18H27F3N4/c1-4-25(5-2)16(12-23-17(22)24(3)15-10-11-15)13-6-8-14(9-7-13)18(19,20)21/h6-9,15-16H,4-5,10-12H2,1-3H3,(H2,22,23). The Morgan fingerprint density at radius 1 is 1.20 bits per heavy atom. The van der Waals surface area contributed by atoms with Crippen LogP contribution in [-0.2, 0) is 6.18 Å². The van der Waals surface area contributed by atoms with Crippen molar-refractivity contribution in [2.24, 2.45) is 10.7 Å². The summed E-state index contributed by atoms with van der Waals surface area (Å²) in [7, 11) is 1.93. The minimum atomic E-state index is -4.32. The molecule has 1 fully saturated rings. The number of nitrogens with zero attached hydrogens (tertiary/aromatic N) is 3. The van der Waals surface area contributed by atoms with Gasteiger partial charge in [-0.25, -0.2) is 0 Å². The third-order valence-corrected chi connectivity index (χ3v) is 4.76. The van der Waals surface area contributed by atoms with Gasteiger partial charge in [-0.15, -0.1) is 0 Å². The van der Waals surface area contributed by atoms with Crippen LogP contribution in [0.3, 0.4) is 0 Å². The number of halogens is 3. The molecule has 1 unspecified atom stereocenters. The van der Waals surface area contributed by atoms with Gasteiger partial charge >= 0.3 is 6.18 Å². The van der Waals surface area contributed by atoms with Crippen LogP contribution in [0.2, 0.25) is 0 Å². The highest BCUT2D eigenvalue weighted by Crippen LogP contribution is 2.31. The van der Waals surface area contributed by atoms with Gasteiger partial charge in [0.15, 0.2) is 5.96 Å². The number of benzene rings is 1. The summed E-state index contributed by atoms with van der Waals surface area (Å²) in [6.45, 7) is 6.07. The number of rotatable bonds is 7. The molecule has 0 aromatic heterocycles. The Hall–Kier alpha value is -1.76. The first-order valence-corrected chi connectivity index (χ1v) is 8.71. The molecule has 0 amide bonds. The summed E-state index contributed by atoms with van der Waals surface area (Å²) < 4.78 is 38.3. The van der Waals surface area contributed by atoms with Crippen molar-refractivity contribution < 1.29 is 13.2 Å². The first-order valence-electron chi connectivity index (χ1n) is 8.71. The third kappa shape index (κ3) is 5.11. The van der Waals surface area contributed by atoms with E-state index in [9.17, 15) is 13.2 Å². The molecular weight excluding hydrogens is 329 g/mol. The smallest absolute Gasteiger partial charge is 0.370 e. The number of nitrogens with two attached hydrogens (primary N) is 1. The van der Waals surface area contributed by atoms with E-state index in [1.807, 2.05) is 25.8 Å². The molecule has 4 nitrogen and oxygen atoms in total. The Morgan fingerprint density at radius 3 is 2.20 bits per heavy atom. The summed E-state index contributed by atoms with van der Waals surface area (Å²) in [5.74, 6) is 0.492. The van der Waals surface area contributed by atoms with E-state index in [4.69, 9.17) is 5.73 Å². The fourth-order valence-corrected chi connectivity index (χ4v) is 2.93. The van der Waals surface area contributed by atoms with E-state index < -0.39 is 11.7 Å². The Morgan fingerprint density at radius 2 is 1.76 bits per heavy atom. The molecule has 0 aliphatic heterocycles. The molecule has 2 rings (SSSR count). The third-order valence-electron chi connectivity index (χ3n) is 4.76. The number of hydrogen-bond donors (Lipinski definition) is 1. The van der Waals surface area contributed by atoms with E-state index in [2.05, 4.69) is 9.89 Å². The van der Waals surface area contributed by atoms with Crippen LogP contribution in [0.15, 0.2) is 29.3 Å². The van der Waals surface area contributed by atoms with Gasteiger partial charge in [-0.3, -0.25) is 9.89 Å². The highest BCUT2D eigenvalue weighted by molar-refractivity contribution is 5.78. The zero-order valence-corrected chi connectivity index (χ0v) is 15.1. The maximum atomic E-state index is 12.8. The molecule has 0 heterocycles. The molecule has 1 atom stereocenters. The van der Waals surface area contributed by atoms with Crippen molar-refractivity contribution in [2.45, 2.75) is 44.9 Å². The Balaban J connectivity index is 2.19. The van der Waals surface area contributed by atoms with Gasteiger partial charge in [-0.05, 0) is 43.6 Å². The molecular formula is C18H27F3N4. The lowest BCUT2D eigenvalue weighted by Gasteiger charge is -2.29. The Bertz CT molecular complexity index is 575. The molecule has 2 N–H and O–H groups in total. The first kappa shape index (κ1) is 19.6. The summed E-state index contributed by atoms with van der Waals surface area (Å²) in [5, 5.41) is 0. The quantitative estimate of drug-likeness (QED) is 0.601. The van der Waals surface area contributed by atoms with Gasteiger partial charge in [0.25, 0.3) is 0 Å². The van der Waals surface area contributed by atoms with Crippen molar-refractivity contribution in [1.82, 2.24) is 9.80 Å². The Kier molecular flexibility index (Phi) is 6.32. The van der Waals surface area contributed by atoms with Crippen molar-refractivity contribution >= 4 is 5.96 Å². The minimum absolute atomic E-state index is 0.0940. The number of aliphatic imine (C=N–C) groups is 1. The maximum Gasteiger partial charge on any atom is 0.416 e. The molecule has 1 aliphatic rings. The van der Waals surface area contributed by atoms with Crippen LogP contribution >= 0.6 is 0 Å². The minimum Gasteiger partial charge on any atom is -0.370 e. The second-order valence-electron chi connectivity index (χ2n) is 6.40. The molecule has 1 saturated carbocycles. The molecule has 1 aromatic rings. The van der Waals surface area contributed by atoms with Crippen molar-refractivity contribution in [2.75, 3.05) is 26.7 Å². The molecule has 0 spiro atoms. The zero-order chi connectivity index (χ0) is 18.6. The number of guanidine groups is 1.